The molecule has 0 radical (unpaired) electrons. The van der Waals surface area contributed by atoms with Crippen LogP contribution < -0.4 is 4.74 Å². The van der Waals surface area contributed by atoms with E-state index in [-0.39, 0.29) is 0 Å². The van der Waals surface area contributed by atoms with Crippen LogP contribution >= 0.6 is 0 Å². The van der Waals surface area contributed by atoms with E-state index in [0.29, 0.717) is 0 Å². The lowest BCUT2D eigenvalue weighted by Gasteiger charge is -1.85. The van der Waals surface area contributed by atoms with E-state index in [2.05, 4.69) is 5.10 Å². The molecule has 0 atom stereocenters. The second kappa shape index (κ2) is 2.97. The van der Waals surface area contributed by atoms with Crippen LogP contribution in [-0.2, 0) is 7.05 Å². The highest BCUT2D eigenvalue weighted by Gasteiger charge is 2.21. The summed E-state index contributed by atoms with van der Waals surface area (Å²) >= 11 is 0. The van der Waals surface area contributed by atoms with Crippen molar-refractivity contribution >= 4 is 0 Å². The van der Waals surface area contributed by atoms with Gasteiger partial charge in [0.05, 0.1) is 6.07 Å². The molecule has 0 bridgehead atoms. The summed E-state index contributed by atoms with van der Waals surface area (Å²) < 4.78 is 9.15. The summed E-state index contributed by atoms with van der Waals surface area (Å²) in [6.07, 6.45) is 1.95. The molecular formula is C10H14N3O+. The lowest BCUT2D eigenvalue weighted by molar-refractivity contribution is -0.790. The number of rotatable bonds is 1. The van der Waals surface area contributed by atoms with Crippen molar-refractivity contribution in [3.05, 3.63) is 29.4 Å². The highest BCUT2D eigenvalue weighted by Crippen LogP contribution is 2.08. The van der Waals surface area contributed by atoms with Gasteiger partial charge in [-0.1, -0.05) is 0 Å². The first-order chi connectivity index (χ1) is 6.58. The van der Waals surface area contributed by atoms with Gasteiger partial charge in [0.1, 0.15) is 11.9 Å². The molecule has 14 heavy (non-hydrogen) atoms. The van der Waals surface area contributed by atoms with Gasteiger partial charge in [-0.05, 0) is 6.92 Å². The highest BCUT2D eigenvalue weighted by molar-refractivity contribution is 5.23. The van der Waals surface area contributed by atoms with Crippen molar-refractivity contribution in [2.45, 2.75) is 20.8 Å². The maximum Gasteiger partial charge on any atom is 0.298 e. The van der Waals surface area contributed by atoms with Gasteiger partial charge < -0.3 is 0 Å². The van der Waals surface area contributed by atoms with Crippen molar-refractivity contribution in [3.8, 4) is 5.69 Å². The first kappa shape index (κ1) is 8.99. The summed E-state index contributed by atoms with van der Waals surface area (Å²) in [6.45, 7) is 5.93. The molecule has 2 aromatic heterocycles. The van der Waals surface area contributed by atoms with E-state index < -0.39 is 0 Å². The highest BCUT2D eigenvalue weighted by atomic mass is 16.5. The van der Waals surface area contributed by atoms with Gasteiger partial charge in [-0.15, -0.1) is 0 Å². The fourth-order valence-electron chi connectivity index (χ4n) is 1.62. The van der Waals surface area contributed by atoms with Gasteiger partial charge in [-0.25, -0.2) is 4.52 Å². The van der Waals surface area contributed by atoms with E-state index >= 15 is 0 Å². The van der Waals surface area contributed by atoms with Crippen LogP contribution in [0.5, 0.6) is 0 Å². The molecule has 0 spiro atoms. The Kier molecular flexibility index (Phi) is 1.91. The van der Waals surface area contributed by atoms with E-state index in [0.717, 1.165) is 22.8 Å². The van der Waals surface area contributed by atoms with Crippen LogP contribution in [-0.4, -0.2) is 9.78 Å². The van der Waals surface area contributed by atoms with E-state index in [1.54, 1.807) is 9.42 Å². The van der Waals surface area contributed by atoms with E-state index in [1.807, 2.05) is 40.1 Å². The molecule has 2 heterocycles. The lowest BCUT2D eigenvalue weighted by Crippen LogP contribution is -2.31. The van der Waals surface area contributed by atoms with Crippen LogP contribution in [0.15, 0.2) is 16.8 Å². The molecule has 2 rings (SSSR count). The topological polar surface area (TPSA) is 34.8 Å². The van der Waals surface area contributed by atoms with Crippen LogP contribution in [0, 0.1) is 20.8 Å². The fraction of sp³-hybridized carbons (Fsp3) is 0.400. The molecule has 4 heteroatoms. The van der Waals surface area contributed by atoms with Crippen molar-refractivity contribution in [3.63, 3.8) is 0 Å². The van der Waals surface area contributed by atoms with Gasteiger partial charge in [0.25, 0.3) is 5.69 Å². The van der Waals surface area contributed by atoms with Gasteiger partial charge >= 0.3 is 0 Å². The molecule has 0 N–H and O–H groups in total. The minimum atomic E-state index is 0.908. The Morgan fingerprint density at radius 1 is 1.36 bits per heavy atom. The Morgan fingerprint density at radius 2 is 2.07 bits per heavy atom. The molecule has 0 aliphatic rings. The maximum absolute atomic E-state index is 5.56. The number of hydrogen-bond donors (Lipinski definition) is 0. The molecule has 0 aliphatic heterocycles. The fourth-order valence-corrected chi connectivity index (χ4v) is 1.62. The number of hydrogen-bond acceptors (Lipinski definition) is 2. The Balaban J connectivity index is 2.59. The van der Waals surface area contributed by atoms with Crippen molar-refractivity contribution in [2.24, 2.45) is 7.05 Å². The molecule has 0 aromatic carbocycles. The van der Waals surface area contributed by atoms with Gasteiger partial charge in [-0.2, -0.15) is 5.10 Å². The molecule has 0 saturated carbocycles. The van der Waals surface area contributed by atoms with Crippen LogP contribution in [0.4, 0.5) is 0 Å². The van der Waals surface area contributed by atoms with Crippen molar-refractivity contribution in [2.75, 3.05) is 0 Å². The number of aromatic nitrogens is 3. The third kappa shape index (κ3) is 1.32. The smallest absolute Gasteiger partial charge is 0.268 e. The van der Waals surface area contributed by atoms with Gasteiger partial charge in [0, 0.05) is 25.6 Å². The third-order valence-corrected chi connectivity index (χ3v) is 2.17. The zero-order valence-electron chi connectivity index (χ0n) is 8.90. The van der Waals surface area contributed by atoms with Crippen LogP contribution in [0.3, 0.4) is 0 Å². The van der Waals surface area contributed by atoms with Crippen LogP contribution in [0.2, 0.25) is 0 Å². The first-order valence-corrected chi connectivity index (χ1v) is 4.58. The summed E-state index contributed by atoms with van der Waals surface area (Å²) in [7, 11) is 1.90. The predicted molar refractivity (Wildman–Crippen MR) is 51.2 cm³/mol. The van der Waals surface area contributed by atoms with Crippen LogP contribution in [0.1, 0.15) is 17.1 Å². The maximum atomic E-state index is 5.56. The molecule has 0 aliphatic carbocycles. The quantitative estimate of drug-likeness (QED) is 0.637. The standard InChI is InChI=1S/C10H14N3O/c1-7-5-8(2)14-13(7)10-6-12(4)11-9(10)3/h5-6H,1-4H3/q+1. The average Bonchev–Trinajstić information content (AvgIpc) is 2.55. The molecule has 74 valence electrons. The second-order valence-corrected chi connectivity index (χ2v) is 3.56. The Labute approximate surface area is 82.7 Å². The zero-order valence-corrected chi connectivity index (χ0v) is 8.90. The molecule has 0 saturated heterocycles. The van der Waals surface area contributed by atoms with E-state index in [1.165, 1.54) is 0 Å². The van der Waals surface area contributed by atoms with E-state index in [9.17, 15) is 0 Å². The molecular weight excluding hydrogens is 178 g/mol. The minimum Gasteiger partial charge on any atom is -0.268 e. The SMILES string of the molecule is Cc1cc(C)[n+](-c2cn(C)nc2C)o1. The molecule has 0 unspecified atom stereocenters. The summed E-state index contributed by atoms with van der Waals surface area (Å²) in [6, 6.07) is 2.01. The lowest BCUT2D eigenvalue weighted by atomic mass is 10.3. The molecule has 0 amide bonds. The molecule has 4 nitrogen and oxygen atoms in total. The van der Waals surface area contributed by atoms with Gasteiger partial charge in [0.2, 0.25) is 5.69 Å². The first-order valence-electron chi connectivity index (χ1n) is 4.58. The van der Waals surface area contributed by atoms with Gasteiger partial charge in [-0.3, -0.25) is 4.68 Å². The Hall–Kier alpha value is -1.58. The largest absolute Gasteiger partial charge is 0.298 e. The second-order valence-electron chi connectivity index (χ2n) is 3.56. The van der Waals surface area contributed by atoms with Crippen molar-refractivity contribution in [1.29, 1.82) is 0 Å². The van der Waals surface area contributed by atoms with Crippen molar-refractivity contribution < 1.29 is 9.26 Å². The summed E-state index contributed by atoms with van der Waals surface area (Å²) in [5, 5.41) is 4.27. The monoisotopic (exact) mass is 192 g/mol. The van der Waals surface area contributed by atoms with Crippen molar-refractivity contribution in [1.82, 2.24) is 9.78 Å². The zero-order chi connectivity index (χ0) is 10.3. The normalized spacial score (nSPS) is 10.9. The minimum absolute atomic E-state index is 0.908. The molecule has 0 fully saturated rings. The summed E-state index contributed by atoms with van der Waals surface area (Å²) in [5.74, 6) is 0.908. The van der Waals surface area contributed by atoms with Crippen LogP contribution in [0.25, 0.3) is 5.69 Å². The Morgan fingerprint density at radius 3 is 2.50 bits per heavy atom. The molecule has 2 aromatic rings. The van der Waals surface area contributed by atoms with E-state index in [4.69, 9.17) is 4.52 Å². The summed E-state index contributed by atoms with van der Waals surface area (Å²) in [4.78, 5) is 0. The number of aryl methyl sites for hydroxylation is 4. The third-order valence-electron chi connectivity index (χ3n) is 2.17. The van der Waals surface area contributed by atoms with Gasteiger partial charge in [0.15, 0.2) is 5.76 Å². The number of nitrogens with zero attached hydrogens (tertiary/aromatic N) is 3. The Bertz CT molecular complexity index is 423. The summed E-state index contributed by atoms with van der Waals surface area (Å²) in [5.41, 5.74) is 3.05. The predicted octanol–water partition coefficient (Wildman–Crippen LogP) is 1.22. The average molecular weight is 192 g/mol.